The Morgan fingerprint density at radius 2 is 2.24 bits per heavy atom. The van der Waals surface area contributed by atoms with Gasteiger partial charge in [0.1, 0.15) is 13.1 Å². The third kappa shape index (κ3) is 5.88. The van der Waals surface area contributed by atoms with E-state index in [1.807, 2.05) is 19.1 Å². The van der Waals surface area contributed by atoms with Crippen LogP contribution in [0, 0.1) is 0 Å². The van der Waals surface area contributed by atoms with E-state index in [0.717, 1.165) is 54.3 Å². The summed E-state index contributed by atoms with van der Waals surface area (Å²) in [5.74, 6) is 0. The molecule has 0 bridgehead atoms. The average molecular weight is 348 g/mol. The number of rotatable bonds is 5. The SMILES string of the molecule is C/C(=N/NC(=S)NCC[NH+]1CCOCC1)c1ccc(Cl)s1. The minimum Gasteiger partial charge on any atom is -0.370 e. The molecule has 0 aromatic carbocycles. The monoisotopic (exact) mass is 347 g/mol. The minimum absolute atomic E-state index is 0.546. The largest absolute Gasteiger partial charge is 0.370 e. The minimum atomic E-state index is 0.546. The van der Waals surface area contributed by atoms with Crippen LogP contribution in [0.25, 0.3) is 0 Å². The Labute approximate surface area is 139 Å². The first-order chi connectivity index (χ1) is 10.1. The van der Waals surface area contributed by atoms with E-state index in [0.29, 0.717) is 5.11 Å². The molecule has 2 heterocycles. The Kier molecular flexibility index (Phi) is 6.85. The van der Waals surface area contributed by atoms with Gasteiger partial charge in [0, 0.05) is 0 Å². The second-order valence-electron chi connectivity index (χ2n) is 4.78. The number of quaternary nitrogens is 1. The molecule has 0 saturated carbocycles. The van der Waals surface area contributed by atoms with E-state index in [1.54, 1.807) is 4.90 Å². The highest BCUT2D eigenvalue weighted by atomic mass is 35.5. The van der Waals surface area contributed by atoms with E-state index < -0.39 is 0 Å². The van der Waals surface area contributed by atoms with Gasteiger partial charge < -0.3 is 15.0 Å². The summed E-state index contributed by atoms with van der Waals surface area (Å²) in [7, 11) is 0. The van der Waals surface area contributed by atoms with Crippen LogP contribution in [0.1, 0.15) is 11.8 Å². The van der Waals surface area contributed by atoms with Crippen LogP contribution in [0.3, 0.4) is 0 Å². The summed E-state index contributed by atoms with van der Waals surface area (Å²) in [5.41, 5.74) is 3.74. The predicted octanol–water partition coefficient (Wildman–Crippen LogP) is 0.505. The molecule has 2 rings (SSSR count). The molecule has 1 aromatic rings. The van der Waals surface area contributed by atoms with Crippen molar-refractivity contribution in [2.24, 2.45) is 5.10 Å². The Morgan fingerprint density at radius 1 is 1.48 bits per heavy atom. The maximum atomic E-state index is 5.90. The summed E-state index contributed by atoms with van der Waals surface area (Å²) in [6.45, 7) is 7.64. The lowest BCUT2D eigenvalue weighted by Gasteiger charge is -2.23. The van der Waals surface area contributed by atoms with E-state index in [4.69, 9.17) is 28.6 Å². The normalized spacial score (nSPS) is 16.8. The number of thiocarbonyl (C=S) groups is 1. The zero-order valence-corrected chi connectivity index (χ0v) is 14.3. The standard InChI is InChI=1S/C13H19ClN4OS2/c1-10(11-2-3-12(14)21-11)16-17-13(20)15-4-5-18-6-8-19-9-7-18/h2-3H,4-9H2,1H3,(H2,15,17,20)/p+1/b16-10-. The predicted molar refractivity (Wildman–Crippen MR) is 91.7 cm³/mol. The van der Waals surface area contributed by atoms with Crippen molar-refractivity contribution >= 4 is 46.0 Å². The van der Waals surface area contributed by atoms with Crippen molar-refractivity contribution in [1.29, 1.82) is 0 Å². The van der Waals surface area contributed by atoms with Crippen molar-refractivity contribution in [3.05, 3.63) is 21.3 Å². The molecule has 0 spiro atoms. The molecule has 5 nitrogen and oxygen atoms in total. The Balaban J connectivity index is 1.67. The Morgan fingerprint density at radius 3 is 2.90 bits per heavy atom. The van der Waals surface area contributed by atoms with E-state index in [9.17, 15) is 0 Å². The molecule has 116 valence electrons. The maximum absolute atomic E-state index is 5.90. The molecule has 1 aliphatic rings. The van der Waals surface area contributed by atoms with Crippen molar-refractivity contribution in [2.75, 3.05) is 39.4 Å². The molecule has 1 fully saturated rings. The number of ether oxygens (including phenoxy) is 1. The zero-order valence-electron chi connectivity index (χ0n) is 11.9. The number of hydrazone groups is 1. The summed E-state index contributed by atoms with van der Waals surface area (Å²) in [6.07, 6.45) is 0. The summed E-state index contributed by atoms with van der Waals surface area (Å²) in [5, 5.41) is 7.98. The molecule has 8 heteroatoms. The topological polar surface area (TPSA) is 50.1 Å². The van der Waals surface area contributed by atoms with Gasteiger partial charge in [-0.15, -0.1) is 11.3 Å². The van der Waals surface area contributed by atoms with Crippen LogP contribution in [0.4, 0.5) is 0 Å². The van der Waals surface area contributed by atoms with Gasteiger partial charge in [-0.05, 0) is 31.3 Å². The number of halogens is 1. The Hall–Kier alpha value is -0.730. The average Bonchev–Trinajstić information content (AvgIpc) is 2.92. The van der Waals surface area contributed by atoms with Gasteiger partial charge >= 0.3 is 0 Å². The van der Waals surface area contributed by atoms with Gasteiger partial charge in [-0.2, -0.15) is 5.10 Å². The smallest absolute Gasteiger partial charge is 0.187 e. The molecule has 3 N–H and O–H groups in total. The number of hydrogen-bond acceptors (Lipinski definition) is 4. The van der Waals surface area contributed by atoms with Crippen molar-refractivity contribution in [3.8, 4) is 0 Å². The van der Waals surface area contributed by atoms with Crippen LogP contribution in [-0.4, -0.2) is 50.2 Å². The lowest BCUT2D eigenvalue weighted by Crippen LogP contribution is -3.14. The maximum Gasteiger partial charge on any atom is 0.187 e. The lowest BCUT2D eigenvalue weighted by atomic mass is 10.3. The van der Waals surface area contributed by atoms with Gasteiger partial charge in [0.15, 0.2) is 5.11 Å². The van der Waals surface area contributed by atoms with Crippen LogP contribution in [0.5, 0.6) is 0 Å². The van der Waals surface area contributed by atoms with E-state index in [1.165, 1.54) is 11.3 Å². The van der Waals surface area contributed by atoms with Crippen LogP contribution in [0.2, 0.25) is 4.34 Å². The van der Waals surface area contributed by atoms with Gasteiger partial charge in [0.2, 0.25) is 0 Å². The van der Waals surface area contributed by atoms with Crippen molar-refractivity contribution < 1.29 is 9.64 Å². The fourth-order valence-corrected chi connectivity index (χ4v) is 3.14. The number of hydrogen-bond donors (Lipinski definition) is 3. The molecule has 1 saturated heterocycles. The summed E-state index contributed by atoms with van der Waals surface area (Å²) < 4.78 is 6.09. The molecule has 0 unspecified atom stereocenters. The summed E-state index contributed by atoms with van der Waals surface area (Å²) >= 11 is 12.6. The number of thiophene rings is 1. The van der Waals surface area contributed by atoms with E-state index in [-0.39, 0.29) is 0 Å². The molecule has 1 aliphatic heterocycles. The van der Waals surface area contributed by atoms with Crippen molar-refractivity contribution in [3.63, 3.8) is 0 Å². The summed E-state index contributed by atoms with van der Waals surface area (Å²) in [4.78, 5) is 2.58. The third-order valence-electron chi connectivity index (χ3n) is 3.22. The van der Waals surface area contributed by atoms with Crippen molar-refractivity contribution in [2.45, 2.75) is 6.92 Å². The van der Waals surface area contributed by atoms with Crippen LogP contribution >= 0.6 is 35.2 Å². The van der Waals surface area contributed by atoms with E-state index >= 15 is 0 Å². The highest BCUT2D eigenvalue weighted by molar-refractivity contribution is 7.80. The number of nitrogens with one attached hydrogen (secondary N) is 3. The molecule has 0 radical (unpaired) electrons. The van der Waals surface area contributed by atoms with Crippen LogP contribution in [-0.2, 0) is 4.74 Å². The highest BCUT2D eigenvalue weighted by Crippen LogP contribution is 2.21. The lowest BCUT2D eigenvalue weighted by molar-refractivity contribution is -0.906. The van der Waals surface area contributed by atoms with Gasteiger partial charge in [0.25, 0.3) is 0 Å². The molecule has 21 heavy (non-hydrogen) atoms. The fraction of sp³-hybridized carbons (Fsp3) is 0.538. The van der Waals surface area contributed by atoms with Crippen LogP contribution in [0.15, 0.2) is 17.2 Å². The zero-order chi connectivity index (χ0) is 15.1. The number of nitrogens with zero attached hydrogens (tertiary/aromatic N) is 1. The second-order valence-corrected chi connectivity index (χ2v) is 6.90. The molecule has 1 aromatic heterocycles. The van der Waals surface area contributed by atoms with Gasteiger partial charge in [-0.3, -0.25) is 5.43 Å². The van der Waals surface area contributed by atoms with Crippen molar-refractivity contribution in [1.82, 2.24) is 10.7 Å². The van der Waals surface area contributed by atoms with Crippen LogP contribution < -0.4 is 15.6 Å². The first-order valence-electron chi connectivity index (χ1n) is 6.90. The second kappa shape index (κ2) is 8.65. The molecular weight excluding hydrogens is 328 g/mol. The first-order valence-corrected chi connectivity index (χ1v) is 8.50. The van der Waals surface area contributed by atoms with E-state index in [2.05, 4.69) is 15.8 Å². The highest BCUT2D eigenvalue weighted by Gasteiger charge is 2.12. The fourth-order valence-electron chi connectivity index (χ4n) is 2.00. The quantitative estimate of drug-likeness (QED) is 0.412. The van der Waals surface area contributed by atoms with Gasteiger partial charge in [0.05, 0.1) is 41.2 Å². The third-order valence-corrected chi connectivity index (χ3v) is 4.79. The Bertz CT molecular complexity index is 500. The molecule has 0 amide bonds. The summed E-state index contributed by atoms with van der Waals surface area (Å²) in [6, 6.07) is 3.81. The number of morpholine rings is 1. The molecule has 0 atom stereocenters. The first kappa shape index (κ1) is 16.6. The molecule has 0 aliphatic carbocycles. The molecular formula is C13H20ClN4OS2+. The van der Waals surface area contributed by atoms with Gasteiger partial charge in [-0.25, -0.2) is 0 Å². The van der Waals surface area contributed by atoms with Gasteiger partial charge in [-0.1, -0.05) is 11.6 Å².